The molecule has 19 heavy (non-hydrogen) atoms. The average molecular weight is 285 g/mol. The van der Waals surface area contributed by atoms with E-state index in [0.29, 0.717) is 23.0 Å². The predicted molar refractivity (Wildman–Crippen MR) is 75.9 cm³/mol. The summed E-state index contributed by atoms with van der Waals surface area (Å²) in [5, 5.41) is 12.1. The number of carbonyl (C=O) groups is 1. The summed E-state index contributed by atoms with van der Waals surface area (Å²) in [7, 11) is 1.51. The second-order valence-corrected chi connectivity index (χ2v) is 4.17. The van der Waals surface area contributed by atoms with Crippen LogP contribution in [0.1, 0.15) is 0 Å². The zero-order valence-corrected chi connectivity index (χ0v) is 11.5. The van der Waals surface area contributed by atoms with Crippen molar-refractivity contribution in [2.45, 2.75) is 0 Å². The van der Waals surface area contributed by atoms with E-state index in [1.165, 1.54) is 12.0 Å². The van der Waals surface area contributed by atoms with E-state index in [0.717, 1.165) is 0 Å². The van der Waals surface area contributed by atoms with Crippen molar-refractivity contribution in [2.24, 2.45) is 0 Å². The van der Waals surface area contributed by atoms with Gasteiger partial charge in [-0.05, 0) is 18.2 Å². The Bertz CT molecular complexity index is 452. The molecule has 0 aliphatic carbocycles. The molecular formula is C13H17ClN2O3. The molecule has 6 heteroatoms. The fourth-order valence-electron chi connectivity index (χ4n) is 1.52. The van der Waals surface area contributed by atoms with Gasteiger partial charge in [0, 0.05) is 18.1 Å². The Balaban J connectivity index is 2.84. The lowest BCUT2D eigenvalue weighted by Gasteiger charge is -2.21. The average Bonchev–Trinajstić information content (AvgIpc) is 2.38. The molecule has 5 nitrogen and oxygen atoms in total. The number of nitrogens with zero attached hydrogens (tertiary/aromatic N) is 1. The van der Waals surface area contributed by atoms with Crippen LogP contribution in [-0.2, 0) is 0 Å². The maximum Gasteiger partial charge on any atom is 0.322 e. The molecule has 0 radical (unpaired) electrons. The fourth-order valence-corrected chi connectivity index (χ4v) is 1.70. The van der Waals surface area contributed by atoms with Crippen molar-refractivity contribution < 1.29 is 14.6 Å². The molecule has 0 unspecified atom stereocenters. The van der Waals surface area contributed by atoms with Gasteiger partial charge in [0.1, 0.15) is 5.75 Å². The molecule has 2 amide bonds. The zero-order chi connectivity index (χ0) is 14.3. The highest BCUT2D eigenvalue weighted by Crippen LogP contribution is 2.27. The first-order valence-corrected chi connectivity index (χ1v) is 6.11. The third-order valence-corrected chi connectivity index (χ3v) is 2.64. The van der Waals surface area contributed by atoms with Gasteiger partial charge in [-0.1, -0.05) is 17.7 Å². The highest BCUT2D eigenvalue weighted by molar-refractivity contribution is 6.31. The molecule has 0 spiro atoms. The van der Waals surface area contributed by atoms with Crippen LogP contribution >= 0.6 is 11.6 Å². The molecule has 0 aliphatic rings. The molecule has 0 atom stereocenters. The van der Waals surface area contributed by atoms with Crippen LogP contribution in [0.4, 0.5) is 10.5 Å². The van der Waals surface area contributed by atoms with E-state index < -0.39 is 0 Å². The molecule has 1 aromatic carbocycles. The molecule has 0 saturated heterocycles. The van der Waals surface area contributed by atoms with Crippen LogP contribution in [-0.4, -0.2) is 42.8 Å². The maximum absolute atomic E-state index is 12.0. The monoisotopic (exact) mass is 284 g/mol. The molecule has 1 aromatic rings. The number of nitrogens with one attached hydrogen (secondary N) is 1. The number of aliphatic hydroxyl groups is 1. The Kier molecular flexibility index (Phi) is 6.18. The molecule has 1 rings (SSSR count). The first-order valence-electron chi connectivity index (χ1n) is 5.73. The third-order valence-electron chi connectivity index (χ3n) is 2.41. The smallest absolute Gasteiger partial charge is 0.322 e. The van der Waals surface area contributed by atoms with Crippen LogP contribution in [0.15, 0.2) is 30.9 Å². The largest absolute Gasteiger partial charge is 0.495 e. The van der Waals surface area contributed by atoms with Crippen LogP contribution in [0.5, 0.6) is 5.75 Å². The molecular weight excluding hydrogens is 268 g/mol. The topological polar surface area (TPSA) is 61.8 Å². The van der Waals surface area contributed by atoms with Crippen LogP contribution in [0.25, 0.3) is 0 Å². The van der Waals surface area contributed by atoms with E-state index in [1.54, 1.807) is 24.3 Å². The number of hydrogen-bond donors (Lipinski definition) is 2. The summed E-state index contributed by atoms with van der Waals surface area (Å²) in [6.45, 7) is 4.02. The van der Waals surface area contributed by atoms with E-state index in [-0.39, 0.29) is 19.2 Å². The SMILES string of the molecule is C=CCN(CCO)C(=O)Nc1cc(Cl)ccc1OC. The van der Waals surface area contributed by atoms with Crippen molar-refractivity contribution in [3.8, 4) is 5.75 Å². The Morgan fingerprint density at radius 3 is 2.95 bits per heavy atom. The summed E-state index contributed by atoms with van der Waals surface area (Å²) >= 11 is 5.88. The quantitative estimate of drug-likeness (QED) is 0.788. The number of benzene rings is 1. The van der Waals surface area contributed by atoms with Crippen LogP contribution in [0.3, 0.4) is 0 Å². The normalized spacial score (nSPS) is 9.84. The van der Waals surface area contributed by atoms with Crippen LogP contribution < -0.4 is 10.1 Å². The minimum Gasteiger partial charge on any atom is -0.495 e. The fraction of sp³-hybridized carbons (Fsp3) is 0.308. The van der Waals surface area contributed by atoms with E-state index in [9.17, 15) is 4.79 Å². The summed E-state index contributed by atoms with van der Waals surface area (Å²) in [4.78, 5) is 13.5. The van der Waals surface area contributed by atoms with Crippen molar-refractivity contribution in [1.29, 1.82) is 0 Å². The van der Waals surface area contributed by atoms with Crippen molar-refractivity contribution >= 4 is 23.3 Å². The molecule has 0 saturated carbocycles. The Morgan fingerprint density at radius 1 is 1.63 bits per heavy atom. The molecule has 0 heterocycles. The Labute approximate surface area is 117 Å². The van der Waals surface area contributed by atoms with Gasteiger partial charge >= 0.3 is 6.03 Å². The van der Waals surface area contributed by atoms with E-state index in [2.05, 4.69) is 11.9 Å². The van der Waals surface area contributed by atoms with Gasteiger partial charge in [0.2, 0.25) is 0 Å². The standard InChI is InChI=1S/C13H17ClN2O3/c1-3-6-16(7-8-17)13(18)15-11-9-10(14)4-5-12(11)19-2/h3-5,9,17H,1,6-8H2,2H3,(H,15,18). The third kappa shape index (κ3) is 4.46. The molecule has 0 aliphatic heterocycles. The lowest BCUT2D eigenvalue weighted by atomic mass is 10.3. The minimum absolute atomic E-state index is 0.117. The number of urea groups is 1. The summed E-state index contributed by atoms with van der Waals surface area (Å²) in [6, 6.07) is 4.59. The first kappa shape index (κ1) is 15.3. The Morgan fingerprint density at radius 2 is 2.37 bits per heavy atom. The van der Waals surface area contributed by atoms with Crippen molar-refractivity contribution in [3.63, 3.8) is 0 Å². The van der Waals surface area contributed by atoms with Gasteiger partial charge in [-0.25, -0.2) is 4.79 Å². The number of rotatable bonds is 6. The minimum atomic E-state index is -0.352. The molecule has 104 valence electrons. The van der Waals surface area contributed by atoms with Crippen molar-refractivity contribution in [3.05, 3.63) is 35.9 Å². The van der Waals surface area contributed by atoms with Crippen molar-refractivity contribution in [1.82, 2.24) is 4.90 Å². The van der Waals surface area contributed by atoms with Gasteiger partial charge in [-0.2, -0.15) is 0 Å². The maximum atomic E-state index is 12.0. The van der Waals surface area contributed by atoms with Gasteiger partial charge in [0.05, 0.1) is 19.4 Å². The first-order chi connectivity index (χ1) is 9.12. The number of hydrogen-bond acceptors (Lipinski definition) is 3. The number of halogens is 1. The summed E-state index contributed by atoms with van der Waals surface area (Å²) in [6.07, 6.45) is 1.59. The molecule has 0 bridgehead atoms. The number of anilines is 1. The number of carbonyl (C=O) groups excluding carboxylic acids is 1. The number of amides is 2. The number of ether oxygens (including phenoxy) is 1. The van der Waals surface area contributed by atoms with Crippen LogP contribution in [0, 0.1) is 0 Å². The summed E-state index contributed by atoms with van der Waals surface area (Å²) < 4.78 is 5.14. The van der Waals surface area contributed by atoms with Gasteiger partial charge < -0.3 is 20.1 Å². The molecule has 0 fully saturated rings. The highest BCUT2D eigenvalue weighted by atomic mass is 35.5. The summed E-state index contributed by atoms with van der Waals surface area (Å²) in [5.41, 5.74) is 0.479. The summed E-state index contributed by atoms with van der Waals surface area (Å²) in [5.74, 6) is 0.514. The van der Waals surface area contributed by atoms with Gasteiger partial charge in [0.15, 0.2) is 0 Å². The van der Waals surface area contributed by atoms with Crippen LogP contribution in [0.2, 0.25) is 5.02 Å². The molecule has 0 aromatic heterocycles. The molecule has 2 N–H and O–H groups in total. The van der Waals surface area contributed by atoms with E-state index in [4.69, 9.17) is 21.4 Å². The van der Waals surface area contributed by atoms with Gasteiger partial charge in [0.25, 0.3) is 0 Å². The second-order valence-electron chi connectivity index (χ2n) is 3.73. The Hall–Kier alpha value is -1.72. The van der Waals surface area contributed by atoms with Gasteiger partial charge in [-0.3, -0.25) is 0 Å². The highest BCUT2D eigenvalue weighted by Gasteiger charge is 2.14. The second kappa shape index (κ2) is 7.66. The lowest BCUT2D eigenvalue weighted by molar-refractivity contribution is 0.195. The van der Waals surface area contributed by atoms with E-state index in [1.807, 2.05) is 0 Å². The van der Waals surface area contributed by atoms with Crippen molar-refractivity contribution in [2.75, 3.05) is 32.1 Å². The predicted octanol–water partition coefficient (Wildman–Crippen LogP) is 2.36. The van der Waals surface area contributed by atoms with E-state index >= 15 is 0 Å². The zero-order valence-electron chi connectivity index (χ0n) is 10.7. The number of aliphatic hydroxyl groups excluding tert-OH is 1. The van der Waals surface area contributed by atoms with Gasteiger partial charge in [-0.15, -0.1) is 6.58 Å². The number of methoxy groups -OCH3 is 1. The lowest BCUT2D eigenvalue weighted by Crippen LogP contribution is -2.37.